The van der Waals surface area contributed by atoms with Crippen LogP contribution in [0.3, 0.4) is 0 Å². The van der Waals surface area contributed by atoms with Gasteiger partial charge in [0.1, 0.15) is 11.2 Å². The quantitative estimate of drug-likeness (QED) is 0.166. The molecule has 1 aromatic heterocycles. The van der Waals surface area contributed by atoms with Gasteiger partial charge >= 0.3 is 0 Å². The van der Waals surface area contributed by atoms with Crippen LogP contribution in [0.25, 0.3) is 110 Å². The summed E-state index contributed by atoms with van der Waals surface area (Å²) in [7, 11) is 0. The molecule has 0 unspecified atom stereocenters. The summed E-state index contributed by atoms with van der Waals surface area (Å²) in [4.78, 5) is 0. The van der Waals surface area contributed by atoms with Crippen LogP contribution >= 0.6 is 0 Å². The van der Waals surface area contributed by atoms with E-state index in [2.05, 4.69) is 196 Å². The highest BCUT2D eigenvalue weighted by Gasteiger charge is 2.39. The van der Waals surface area contributed by atoms with E-state index in [-0.39, 0.29) is 5.41 Å². The molecule has 0 N–H and O–H groups in total. The second kappa shape index (κ2) is 11.5. The van der Waals surface area contributed by atoms with E-state index in [1.165, 1.54) is 104 Å². The van der Waals surface area contributed by atoms with Gasteiger partial charge in [0.05, 0.1) is 0 Å². The molecule has 56 heavy (non-hydrogen) atoms. The molecular formula is C55H36O. The van der Waals surface area contributed by atoms with E-state index in [4.69, 9.17) is 4.42 Å². The molecule has 0 spiro atoms. The molecule has 1 nitrogen and oxygen atoms in total. The van der Waals surface area contributed by atoms with Gasteiger partial charge in [-0.25, -0.2) is 0 Å². The van der Waals surface area contributed by atoms with E-state index in [1.807, 2.05) is 0 Å². The Morgan fingerprint density at radius 2 is 0.839 bits per heavy atom. The molecule has 0 bridgehead atoms. The van der Waals surface area contributed by atoms with Crippen LogP contribution in [0.1, 0.15) is 25.0 Å². The summed E-state index contributed by atoms with van der Waals surface area (Å²) in [5.41, 5.74) is 14.4. The van der Waals surface area contributed by atoms with Crippen LogP contribution in [0, 0.1) is 0 Å². The summed E-state index contributed by atoms with van der Waals surface area (Å²) in [6.45, 7) is 4.71. The lowest BCUT2D eigenvalue weighted by Crippen LogP contribution is -2.15. The monoisotopic (exact) mass is 712 g/mol. The lowest BCUT2D eigenvalue weighted by molar-refractivity contribution is 0.621. The van der Waals surface area contributed by atoms with Crippen LogP contribution < -0.4 is 0 Å². The largest absolute Gasteiger partial charge is 0.455 e. The minimum atomic E-state index is -0.228. The fraction of sp³-hybridized carbons (Fsp3) is 0.0545. The van der Waals surface area contributed by atoms with Gasteiger partial charge in [-0.15, -0.1) is 0 Å². The highest BCUT2D eigenvalue weighted by atomic mass is 16.3. The van der Waals surface area contributed by atoms with Crippen LogP contribution in [0.2, 0.25) is 0 Å². The van der Waals surface area contributed by atoms with Crippen LogP contribution in [-0.4, -0.2) is 0 Å². The first-order chi connectivity index (χ1) is 27.5. The second-order valence-electron chi connectivity index (χ2n) is 16.0. The van der Waals surface area contributed by atoms with Gasteiger partial charge in [-0.2, -0.15) is 0 Å². The van der Waals surface area contributed by atoms with E-state index >= 15 is 0 Å². The Morgan fingerprint density at radius 3 is 1.55 bits per heavy atom. The molecule has 0 aliphatic heterocycles. The summed E-state index contributed by atoms with van der Waals surface area (Å²) in [6.07, 6.45) is 0. The van der Waals surface area contributed by atoms with Crippen molar-refractivity contribution in [1.82, 2.24) is 0 Å². The maximum Gasteiger partial charge on any atom is 0.143 e. The van der Waals surface area contributed by atoms with Gasteiger partial charge in [0.15, 0.2) is 0 Å². The molecule has 1 heteroatoms. The highest BCUT2D eigenvalue weighted by Crippen LogP contribution is 2.54. The first-order valence-corrected chi connectivity index (χ1v) is 19.6. The minimum Gasteiger partial charge on any atom is -0.455 e. The van der Waals surface area contributed by atoms with E-state index in [1.54, 1.807) is 0 Å². The van der Waals surface area contributed by atoms with E-state index in [9.17, 15) is 0 Å². The third kappa shape index (κ3) is 4.37. The lowest BCUT2D eigenvalue weighted by atomic mass is 9.81. The first-order valence-electron chi connectivity index (χ1n) is 19.6. The van der Waals surface area contributed by atoms with Crippen molar-refractivity contribution in [2.75, 3.05) is 0 Å². The van der Waals surface area contributed by atoms with Gasteiger partial charge in [-0.05, 0) is 112 Å². The number of furan rings is 1. The van der Waals surface area contributed by atoms with Crippen LogP contribution in [0.5, 0.6) is 0 Å². The third-order valence-corrected chi connectivity index (χ3v) is 12.6. The molecule has 0 fully saturated rings. The molecule has 262 valence electrons. The van der Waals surface area contributed by atoms with Crippen LogP contribution in [-0.2, 0) is 5.41 Å². The average Bonchev–Trinajstić information content (AvgIpc) is 3.74. The predicted octanol–water partition coefficient (Wildman–Crippen LogP) is 15.5. The molecule has 10 aromatic carbocycles. The highest BCUT2D eigenvalue weighted by molar-refractivity contribution is 6.22. The fourth-order valence-corrected chi connectivity index (χ4v) is 9.95. The van der Waals surface area contributed by atoms with Crippen molar-refractivity contribution in [3.05, 3.63) is 193 Å². The van der Waals surface area contributed by atoms with Gasteiger partial charge in [0.2, 0.25) is 0 Å². The van der Waals surface area contributed by atoms with Crippen molar-refractivity contribution in [3.8, 4) is 44.5 Å². The van der Waals surface area contributed by atoms with Crippen molar-refractivity contribution >= 4 is 65.0 Å². The maximum atomic E-state index is 6.86. The standard InChI is InChI=1S/C55H36O/c1-55(2)49-32-38(26-27-41(49)46-29-30-48-47-28-25-35-12-5-6-14-40(35)53(47)56-54(48)52(46)55)34-19-22-36(23-20-34)50-42-15-7-9-17-44(42)51(45-18-10-8-16-43(45)50)39-24-21-33-11-3-4-13-37(33)31-39/h3-32H,1-2H3. The maximum absolute atomic E-state index is 6.86. The zero-order valence-electron chi connectivity index (χ0n) is 31.2. The van der Waals surface area contributed by atoms with Crippen molar-refractivity contribution in [2.45, 2.75) is 19.3 Å². The number of rotatable bonds is 3. The Bertz CT molecular complexity index is 3370. The van der Waals surface area contributed by atoms with E-state index < -0.39 is 0 Å². The Kier molecular flexibility index (Phi) is 6.46. The molecule has 0 atom stereocenters. The third-order valence-electron chi connectivity index (χ3n) is 12.6. The van der Waals surface area contributed by atoms with Gasteiger partial charge in [-0.1, -0.05) is 172 Å². The topological polar surface area (TPSA) is 13.1 Å². The number of fused-ring (bicyclic) bond motifs is 12. The van der Waals surface area contributed by atoms with Crippen molar-refractivity contribution < 1.29 is 4.42 Å². The number of hydrogen-bond donors (Lipinski definition) is 0. The predicted molar refractivity (Wildman–Crippen MR) is 238 cm³/mol. The second-order valence-corrected chi connectivity index (χ2v) is 16.0. The summed E-state index contributed by atoms with van der Waals surface area (Å²) in [5.74, 6) is 0. The average molecular weight is 713 g/mol. The molecule has 0 amide bonds. The Labute approximate surface area is 325 Å². The van der Waals surface area contributed by atoms with Gasteiger partial charge in [-0.3, -0.25) is 0 Å². The number of hydrogen-bond acceptors (Lipinski definition) is 1. The molecule has 0 saturated carbocycles. The zero-order valence-corrected chi connectivity index (χ0v) is 31.2. The summed E-state index contributed by atoms with van der Waals surface area (Å²) >= 11 is 0. The van der Waals surface area contributed by atoms with Gasteiger partial charge in [0, 0.05) is 27.1 Å². The molecule has 0 saturated heterocycles. The summed E-state index contributed by atoms with van der Waals surface area (Å²) in [6, 6.07) is 67.1. The normalized spacial score (nSPS) is 13.3. The SMILES string of the molecule is CC1(C)c2cc(-c3ccc(-c4c5ccccc5c(-c5ccc6ccccc6c5)c5ccccc45)cc3)ccc2-c2ccc3c(oc4c5ccccc5ccc34)c21. The number of benzene rings is 10. The Hall–Kier alpha value is -6.96. The Balaban J connectivity index is 0.967. The minimum absolute atomic E-state index is 0.228. The van der Waals surface area contributed by atoms with Crippen molar-refractivity contribution in [1.29, 1.82) is 0 Å². The molecule has 11 aromatic rings. The smallest absolute Gasteiger partial charge is 0.143 e. The van der Waals surface area contributed by atoms with Crippen molar-refractivity contribution in [3.63, 3.8) is 0 Å². The van der Waals surface area contributed by atoms with Crippen LogP contribution in [0.4, 0.5) is 0 Å². The summed E-state index contributed by atoms with van der Waals surface area (Å²) in [5, 5.41) is 12.3. The zero-order chi connectivity index (χ0) is 37.1. The summed E-state index contributed by atoms with van der Waals surface area (Å²) < 4.78 is 6.86. The lowest BCUT2D eigenvalue weighted by Gasteiger charge is -2.22. The molecule has 1 heterocycles. The fourth-order valence-electron chi connectivity index (χ4n) is 9.95. The first kappa shape index (κ1) is 31.4. The molecule has 1 aliphatic rings. The van der Waals surface area contributed by atoms with E-state index in [0.29, 0.717) is 0 Å². The van der Waals surface area contributed by atoms with Crippen molar-refractivity contribution in [2.24, 2.45) is 0 Å². The molecule has 0 radical (unpaired) electrons. The van der Waals surface area contributed by atoms with Gasteiger partial charge < -0.3 is 4.42 Å². The van der Waals surface area contributed by atoms with Crippen LogP contribution in [0.15, 0.2) is 186 Å². The Morgan fingerprint density at radius 1 is 0.339 bits per heavy atom. The van der Waals surface area contributed by atoms with Gasteiger partial charge in [0.25, 0.3) is 0 Å². The van der Waals surface area contributed by atoms with E-state index in [0.717, 1.165) is 16.6 Å². The molecule has 1 aliphatic carbocycles. The molecular weight excluding hydrogens is 677 g/mol. The molecule has 12 rings (SSSR count).